The summed E-state index contributed by atoms with van der Waals surface area (Å²) >= 11 is 6.62. The van der Waals surface area contributed by atoms with E-state index in [1.807, 2.05) is 0 Å². The van der Waals surface area contributed by atoms with E-state index in [2.05, 4.69) is 10.3 Å². The smallest absolute Gasteiger partial charge is 0.265 e. The number of nitrogens with one attached hydrogen (secondary N) is 2. The Hall–Kier alpha value is -2.43. The third-order valence-corrected chi connectivity index (χ3v) is 6.11. The number of carbonyl (C=O) groups excluding carboxylic acids is 1. The lowest BCUT2D eigenvalue weighted by Gasteiger charge is -2.10. The van der Waals surface area contributed by atoms with Crippen LogP contribution in [-0.4, -0.2) is 41.3 Å². The largest absolute Gasteiger partial charge is 0.454 e. The fraction of sp³-hybridized carbons (Fsp3) is 0.353. The summed E-state index contributed by atoms with van der Waals surface area (Å²) in [4.78, 5) is 28.4. The molecule has 0 radical (unpaired) electrons. The number of hydrogen-bond acceptors (Lipinski definition) is 7. The zero-order chi connectivity index (χ0) is 18.5. The Morgan fingerprint density at radius 2 is 2.19 bits per heavy atom. The van der Waals surface area contributed by atoms with Crippen LogP contribution < -0.4 is 20.3 Å². The molecule has 1 saturated heterocycles. The van der Waals surface area contributed by atoms with Crippen molar-refractivity contribution < 1.29 is 19.0 Å². The molecule has 0 bridgehead atoms. The van der Waals surface area contributed by atoms with Crippen molar-refractivity contribution in [3.63, 3.8) is 0 Å². The number of H-pyrrole nitrogens is 1. The zero-order valence-electron chi connectivity index (χ0n) is 14.1. The third kappa shape index (κ3) is 2.71. The van der Waals surface area contributed by atoms with Crippen LogP contribution in [0.25, 0.3) is 16.6 Å². The molecule has 3 aromatic rings. The predicted octanol–water partition coefficient (Wildman–Crippen LogP) is 2.21. The van der Waals surface area contributed by atoms with Gasteiger partial charge in [-0.1, -0.05) is 11.3 Å². The summed E-state index contributed by atoms with van der Waals surface area (Å²) in [7, 11) is 0. The van der Waals surface area contributed by atoms with Crippen molar-refractivity contribution in [2.45, 2.75) is 18.9 Å². The van der Waals surface area contributed by atoms with Crippen molar-refractivity contribution in [2.24, 2.45) is 0 Å². The van der Waals surface area contributed by atoms with E-state index in [0.29, 0.717) is 43.4 Å². The summed E-state index contributed by atoms with van der Waals surface area (Å²) in [5.41, 5.74) is 0.646. The molecule has 2 aromatic heterocycles. The Morgan fingerprint density at radius 1 is 1.37 bits per heavy atom. The fourth-order valence-electron chi connectivity index (χ4n) is 3.42. The van der Waals surface area contributed by atoms with Crippen LogP contribution in [0.1, 0.15) is 22.5 Å². The van der Waals surface area contributed by atoms with Gasteiger partial charge >= 0.3 is 0 Å². The number of ether oxygens (including phenoxy) is 3. The molecular weight excluding hydrogens is 390 g/mol. The van der Waals surface area contributed by atoms with E-state index in [-0.39, 0.29) is 24.4 Å². The molecule has 2 N–H and O–H groups in total. The summed E-state index contributed by atoms with van der Waals surface area (Å²) in [6.07, 6.45) is 1.97. The van der Waals surface area contributed by atoms with Gasteiger partial charge in [0.1, 0.15) is 10.5 Å². The Bertz CT molecular complexity index is 1190. The Morgan fingerprint density at radius 3 is 2.96 bits per heavy atom. The Kier molecular flexibility index (Phi) is 3.92. The molecule has 140 valence electrons. The highest BCUT2D eigenvalue weighted by molar-refractivity contribution is 7.73. The molecule has 8 nitrogen and oxygen atoms in total. The number of hydrogen-bond donors (Lipinski definition) is 2. The summed E-state index contributed by atoms with van der Waals surface area (Å²) in [5.74, 6) is 0.787. The van der Waals surface area contributed by atoms with Gasteiger partial charge in [-0.25, -0.2) is 0 Å². The molecule has 1 amide bonds. The van der Waals surface area contributed by atoms with Gasteiger partial charge in [0.15, 0.2) is 15.5 Å². The number of benzene rings is 1. The first kappa shape index (κ1) is 16.7. The summed E-state index contributed by atoms with van der Waals surface area (Å²) in [5, 5.41) is 3.30. The van der Waals surface area contributed by atoms with E-state index >= 15 is 0 Å². The van der Waals surface area contributed by atoms with Gasteiger partial charge in [0.2, 0.25) is 6.79 Å². The first-order chi connectivity index (χ1) is 13.1. The molecule has 2 aliphatic rings. The van der Waals surface area contributed by atoms with Crippen molar-refractivity contribution in [1.29, 1.82) is 0 Å². The van der Waals surface area contributed by atoms with Gasteiger partial charge < -0.3 is 24.5 Å². The van der Waals surface area contributed by atoms with Crippen LogP contribution in [0.5, 0.6) is 11.5 Å². The SMILES string of the molecule is O=C(NC[C@@H]1CCCO1)c1sc(=S)n2c1[nH]c(=O)c1cc3c(cc12)OCO3. The van der Waals surface area contributed by atoms with Crippen molar-refractivity contribution in [3.05, 3.63) is 31.3 Å². The second-order valence-corrected chi connectivity index (χ2v) is 8.05. The highest BCUT2D eigenvalue weighted by atomic mass is 32.1. The van der Waals surface area contributed by atoms with Gasteiger partial charge in [-0.3, -0.25) is 14.0 Å². The maximum Gasteiger partial charge on any atom is 0.265 e. The van der Waals surface area contributed by atoms with Gasteiger partial charge in [0, 0.05) is 19.2 Å². The summed E-state index contributed by atoms with van der Waals surface area (Å²) in [6.45, 7) is 1.27. The molecule has 0 aliphatic carbocycles. The average Bonchev–Trinajstić information content (AvgIpc) is 3.38. The van der Waals surface area contributed by atoms with Crippen molar-refractivity contribution in [2.75, 3.05) is 19.9 Å². The second kappa shape index (κ2) is 6.32. The van der Waals surface area contributed by atoms with Crippen LogP contribution >= 0.6 is 23.6 Å². The molecule has 0 saturated carbocycles. The maximum absolute atomic E-state index is 12.7. The van der Waals surface area contributed by atoms with Crippen molar-refractivity contribution >= 4 is 46.0 Å². The van der Waals surface area contributed by atoms with Crippen molar-refractivity contribution in [3.8, 4) is 11.5 Å². The molecule has 1 atom stereocenters. The van der Waals surface area contributed by atoms with Crippen LogP contribution in [0.2, 0.25) is 0 Å². The van der Waals surface area contributed by atoms with Gasteiger partial charge in [-0.05, 0) is 31.1 Å². The van der Waals surface area contributed by atoms with Crippen LogP contribution in [0, 0.1) is 3.95 Å². The van der Waals surface area contributed by atoms with Gasteiger partial charge in [-0.2, -0.15) is 0 Å². The Labute approximate surface area is 161 Å². The number of amides is 1. The number of fused-ring (bicyclic) bond motifs is 4. The number of thiazole rings is 1. The highest BCUT2D eigenvalue weighted by Gasteiger charge is 2.23. The van der Waals surface area contributed by atoms with Crippen LogP contribution in [0.15, 0.2) is 16.9 Å². The minimum Gasteiger partial charge on any atom is -0.454 e. The van der Waals surface area contributed by atoms with Gasteiger partial charge in [0.25, 0.3) is 11.5 Å². The number of nitrogens with zero attached hydrogens (tertiary/aromatic N) is 1. The normalized spacial score (nSPS) is 18.4. The maximum atomic E-state index is 12.7. The molecule has 27 heavy (non-hydrogen) atoms. The lowest BCUT2D eigenvalue weighted by atomic mass is 10.2. The quantitative estimate of drug-likeness (QED) is 0.649. The topological polar surface area (TPSA) is 94.1 Å². The lowest BCUT2D eigenvalue weighted by Crippen LogP contribution is -2.31. The lowest BCUT2D eigenvalue weighted by molar-refractivity contribution is 0.0862. The molecule has 0 spiro atoms. The van der Waals surface area contributed by atoms with E-state index in [1.54, 1.807) is 16.5 Å². The van der Waals surface area contributed by atoms with E-state index < -0.39 is 0 Å². The van der Waals surface area contributed by atoms with Gasteiger partial charge in [-0.15, -0.1) is 0 Å². The predicted molar refractivity (Wildman–Crippen MR) is 102 cm³/mol. The minimum absolute atomic E-state index is 0.0374. The monoisotopic (exact) mass is 405 g/mol. The van der Waals surface area contributed by atoms with E-state index in [0.717, 1.165) is 30.8 Å². The highest BCUT2D eigenvalue weighted by Crippen LogP contribution is 2.36. The zero-order valence-corrected chi connectivity index (χ0v) is 15.7. The van der Waals surface area contributed by atoms with Crippen LogP contribution in [-0.2, 0) is 4.74 Å². The van der Waals surface area contributed by atoms with Gasteiger partial charge in [0.05, 0.1) is 17.0 Å². The second-order valence-electron chi connectivity index (χ2n) is 6.40. The van der Waals surface area contributed by atoms with E-state index in [4.69, 9.17) is 26.4 Å². The molecule has 1 aromatic carbocycles. The average molecular weight is 405 g/mol. The standard InChI is InChI=1S/C17H15N3O5S2/c21-15-9-4-11-12(25-7-24-11)5-10(9)20-14(19-15)13(27-17(20)26)16(22)18-6-8-2-1-3-23-8/h4-5,8H,1-3,6-7H2,(H,18,22)(H,19,21)/t8-/m0/s1. The fourth-order valence-corrected chi connectivity index (χ4v) is 4.72. The molecule has 10 heteroatoms. The molecule has 2 aliphatic heterocycles. The Balaban J connectivity index is 1.61. The molecule has 0 unspecified atom stereocenters. The van der Waals surface area contributed by atoms with Crippen LogP contribution in [0.4, 0.5) is 0 Å². The van der Waals surface area contributed by atoms with E-state index in [1.165, 1.54) is 0 Å². The number of aromatic nitrogens is 2. The number of aromatic amines is 1. The summed E-state index contributed by atoms with van der Waals surface area (Å²) < 4.78 is 18.4. The van der Waals surface area contributed by atoms with E-state index in [9.17, 15) is 9.59 Å². The third-order valence-electron chi connectivity index (χ3n) is 4.74. The number of rotatable bonds is 3. The molecule has 1 fully saturated rings. The van der Waals surface area contributed by atoms with Crippen molar-refractivity contribution in [1.82, 2.24) is 14.7 Å². The minimum atomic E-state index is -0.315. The first-order valence-electron chi connectivity index (χ1n) is 8.53. The molecule has 5 rings (SSSR count). The number of carbonyl (C=O) groups is 1. The van der Waals surface area contributed by atoms with Crippen LogP contribution in [0.3, 0.4) is 0 Å². The first-order valence-corrected chi connectivity index (χ1v) is 9.75. The molecule has 4 heterocycles. The molecular formula is C17H15N3O5S2. The summed E-state index contributed by atoms with van der Waals surface area (Å²) in [6, 6.07) is 3.35.